The Morgan fingerprint density at radius 1 is 1.35 bits per heavy atom. The summed E-state index contributed by atoms with van der Waals surface area (Å²) in [7, 11) is 1.22. The molecule has 0 saturated heterocycles. The number of nitrogens with one attached hydrogen (secondary N) is 1. The highest BCUT2D eigenvalue weighted by molar-refractivity contribution is 5.81. The number of carboxylic acids is 1. The number of aliphatic carboxylic acids is 1. The largest absolute Gasteiger partial charge is 0.481 e. The molecule has 0 rings (SSSR count). The third-order valence-corrected chi connectivity index (χ3v) is 2.06. The van der Waals surface area contributed by atoms with E-state index in [4.69, 9.17) is 5.11 Å². The van der Waals surface area contributed by atoms with Gasteiger partial charge in [-0.1, -0.05) is 0 Å². The van der Waals surface area contributed by atoms with Gasteiger partial charge in [0.25, 0.3) is 0 Å². The smallest absolute Gasteiger partial charge is 0.325 e. The molecule has 0 unspecified atom stereocenters. The summed E-state index contributed by atoms with van der Waals surface area (Å²) in [6.07, 6.45) is -0.135. The first-order valence-corrected chi connectivity index (χ1v) is 5.21. The Balaban J connectivity index is 4.24. The number of hydrogen-bond acceptors (Lipinski definition) is 4. The predicted molar refractivity (Wildman–Crippen MR) is 59.5 cm³/mol. The summed E-state index contributed by atoms with van der Waals surface area (Å²) in [5.74, 6) is -1.53. The van der Waals surface area contributed by atoms with Gasteiger partial charge in [0.05, 0.1) is 13.5 Å². The second kappa shape index (κ2) is 7.48. The summed E-state index contributed by atoms with van der Waals surface area (Å²) in [6.45, 7) is 3.39. The Kier molecular flexibility index (Phi) is 6.69. The van der Waals surface area contributed by atoms with Gasteiger partial charge < -0.3 is 20.1 Å². The van der Waals surface area contributed by atoms with Crippen LogP contribution < -0.4 is 5.32 Å². The van der Waals surface area contributed by atoms with Crippen LogP contribution in [0.15, 0.2) is 0 Å². The number of hydrogen-bond donors (Lipinski definition) is 2. The van der Waals surface area contributed by atoms with E-state index in [0.717, 1.165) is 0 Å². The Morgan fingerprint density at radius 2 is 1.94 bits per heavy atom. The molecular weight excluding hydrogens is 228 g/mol. The normalized spacial score (nSPS) is 9.88. The first kappa shape index (κ1) is 15.2. The molecule has 2 N–H and O–H groups in total. The molecule has 0 radical (unpaired) electrons. The second-order valence-corrected chi connectivity index (χ2v) is 3.67. The van der Waals surface area contributed by atoms with Gasteiger partial charge in [-0.05, 0) is 13.8 Å². The lowest BCUT2D eigenvalue weighted by atomic mass is 10.3. The van der Waals surface area contributed by atoms with Crippen LogP contribution >= 0.6 is 0 Å². The van der Waals surface area contributed by atoms with Crippen LogP contribution in [0.1, 0.15) is 20.3 Å². The molecule has 0 fully saturated rings. The number of carbonyl (C=O) groups is 3. The first-order chi connectivity index (χ1) is 7.88. The molecule has 0 aromatic rings. The van der Waals surface area contributed by atoms with E-state index in [1.807, 2.05) is 0 Å². The second-order valence-electron chi connectivity index (χ2n) is 3.67. The molecule has 0 atom stereocenters. The van der Waals surface area contributed by atoms with Crippen molar-refractivity contribution in [3.05, 3.63) is 0 Å². The van der Waals surface area contributed by atoms with E-state index >= 15 is 0 Å². The minimum absolute atomic E-state index is 0.0972. The zero-order valence-corrected chi connectivity index (χ0v) is 10.2. The van der Waals surface area contributed by atoms with Crippen molar-refractivity contribution in [1.82, 2.24) is 10.2 Å². The molecule has 17 heavy (non-hydrogen) atoms. The fourth-order valence-electron chi connectivity index (χ4n) is 1.13. The van der Waals surface area contributed by atoms with Crippen molar-refractivity contribution in [2.45, 2.75) is 26.3 Å². The number of esters is 1. The first-order valence-electron chi connectivity index (χ1n) is 5.21. The minimum Gasteiger partial charge on any atom is -0.481 e. The molecule has 98 valence electrons. The predicted octanol–water partition coefficient (Wildman–Crippen LogP) is 0.0541. The molecule has 0 bridgehead atoms. The summed E-state index contributed by atoms with van der Waals surface area (Å²) in [5.41, 5.74) is 0. The van der Waals surface area contributed by atoms with Crippen LogP contribution in [0.5, 0.6) is 0 Å². The summed E-state index contributed by atoms with van der Waals surface area (Å²) < 4.78 is 4.37. The van der Waals surface area contributed by atoms with Crippen molar-refractivity contribution in [1.29, 1.82) is 0 Å². The van der Waals surface area contributed by atoms with Crippen LogP contribution in [0.4, 0.5) is 4.79 Å². The molecular formula is C10H18N2O5. The van der Waals surface area contributed by atoms with Crippen molar-refractivity contribution < 1.29 is 24.2 Å². The summed E-state index contributed by atoms with van der Waals surface area (Å²) in [4.78, 5) is 34.2. The maximum atomic E-state index is 11.6. The van der Waals surface area contributed by atoms with Crippen LogP contribution in [-0.2, 0) is 14.3 Å². The van der Waals surface area contributed by atoms with Crippen molar-refractivity contribution in [2.75, 3.05) is 20.2 Å². The van der Waals surface area contributed by atoms with Gasteiger partial charge in [0.2, 0.25) is 0 Å². The zero-order valence-electron chi connectivity index (χ0n) is 10.2. The van der Waals surface area contributed by atoms with Crippen LogP contribution in [0.2, 0.25) is 0 Å². The average Bonchev–Trinajstić information content (AvgIpc) is 2.25. The zero-order chi connectivity index (χ0) is 13.4. The monoisotopic (exact) mass is 246 g/mol. The number of amides is 2. The Hall–Kier alpha value is -1.79. The fraction of sp³-hybridized carbons (Fsp3) is 0.700. The van der Waals surface area contributed by atoms with Crippen LogP contribution in [0.25, 0.3) is 0 Å². The Morgan fingerprint density at radius 3 is 2.35 bits per heavy atom. The molecule has 0 aromatic carbocycles. The van der Waals surface area contributed by atoms with Gasteiger partial charge in [0.1, 0.15) is 6.54 Å². The molecule has 0 aromatic heterocycles. The number of carbonyl (C=O) groups excluding carboxylic acids is 2. The van der Waals surface area contributed by atoms with E-state index in [1.165, 1.54) is 12.0 Å². The highest BCUT2D eigenvalue weighted by Gasteiger charge is 2.18. The van der Waals surface area contributed by atoms with Gasteiger partial charge in [-0.3, -0.25) is 9.59 Å². The van der Waals surface area contributed by atoms with Crippen molar-refractivity contribution in [2.24, 2.45) is 0 Å². The van der Waals surface area contributed by atoms with Crippen molar-refractivity contribution in [3.8, 4) is 0 Å². The summed E-state index contributed by atoms with van der Waals surface area (Å²) >= 11 is 0. The van der Waals surface area contributed by atoms with Crippen LogP contribution in [0.3, 0.4) is 0 Å². The number of methoxy groups -OCH3 is 1. The highest BCUT2D eigenvalue weighted by atomic mass is 16.5. The van der Waals surface area contributed by atoms with E-state index in [2.05, 4.69) is 10.1 Å². The average molecular weight is 246 g/mol. The minimum atomic E-state index is -0.976. The number of carboxylic acid groups (broad SMARTS) is 1. The van der Waals surface area contributed by atoms with Crippen molar-refractivity contribution in [3.63, 3.8) is 0 Å². The Labute approximate surface area is 99.7 Å². The topological polar surface area (TPSA) is 95.9 Å². The van der Waals surface area contributed by atoms with E-state index < -0.39 is 18.0 Å². The quantitative estimate of drug-likeness (QED) is 0.646. The molecule has 0 spiro atoms. The van der Waals surface area contributed by atoms with Gasteiger partial charge >= 0.3 is 18.0 Å². The van der Waals surface area contributed by atoms with E-state index in [-0.39, 0.29) is 25.6 Å². The van der Waals surface area contributed by atoms with Gasteiger partial charge in [0, 0.05) is 12.6 Å². The van der Waals surface area contributed by atoms with Crippen molar-refractivity contribution >= 4 is 18.0 Å². The molecule has 7 nitrogen and oxygen atoms in total. The van der Waals surface area contributed by atoms with Crippen LogP contribution in [-0.4, -0.2) is 54.2 Å². The molecule has 0 aliphatic heterocycles. The maximum Gasteiger partial charge on any atom is 0.325 e. The summed E-state index contributed by atoms with van der Waals surface area (Å²) in [5, 5.41) is 10.9. The standard InChI is InChI=1S/C10H18N2O5/c1-7(2)12(5-4-8(13)14)10(16)11-6-9(15)17-3/h7H,4-6H2,1-3H3,(H,11,16)(H,13,14). The molecule has 0 aliphatic carbocycles. The number of nitrogens with zero attached hydrogens (tertiary/aromatic N) is 1. The van der Waals surface area contributed by atoms with E-state index in [9.17, 15) is 14.4 Å². The molecule has 0 saturated carbocycles. The fourth-order valence-corrected chi connectivity index (χ4v) is 1.13. The molecule has 7 heteroatoms. The maximum absolute atomic E-state index is 11.6. The molecule has 2 amide bonds. The lowest BCUT2D eigenvalue weighted by Crippen LogP contribution is -2.46. The van der Waals surface area contributed by atoms with E-state index in [1.54, 1.807) is 13.8 Å². The number of rotatable bonds is 6. The van der Waals surface area contributed by atoms with Crippen LogP contribution in [0, 0.1) is 0 Å². The Bertz CT molecular complexity index is 290. The molecule has 0 heterocycles. The third-order valence-electron chi connectivity index (χ3n) is 2.06. The number of urea groups is 1. The number of ether oxygens (including phenoxy) is 1. The van der Waals surface area contributed by atoms with Gasteiger partial charge in [-0.2, -0.15) is 0 Å². The lowest BCUT2D eigenvalue weighted by molar-refractivity contribution is -0.139. The lowest BCUT2D eigenvalue weighted by Gasteiger charge is -2.26. The summed E-state index contributed by atoms with van der Waals surface area (Å²) in [6, 6.07) is -0.626. The highest BCUT2D eigenvalue weighted by Crippen LogP contribution is 2.00. The van der Waals surface area contributed by atoms with Gasteiger partial charge in [0.15, 0.2) is 0 Å². The molecule has 0 aliphatic rings. The van der Waals surface area contributed by atoms with E-state index in [0.29, 0.717) is 0 Å². The SMILES string of the molecule is COC(=O)CNC(=O)N(CCC(=O)O)C(C)C. The van der Waals surface area contributed by atoms with Gasteiger partial charge in [-0.25, -0.2) is 4.79 Å². The van der Waals surface area contributed by atoms with Gasteiger partial charge in [-0.15, -0.1) is 0 Å². The third kappa shape index (κ3) is 6.39.